The molecule has 0 saturated heterocycles. The first-order valence-electron chi connectivity index (χ1n) is 2.00. The van der Waals surface area contributed by atoms with E-state index in [1.807, 2.05) is 0 Å². The van der Waals surface area contributed by atoms with Crippen LogP contribution in [0.25, 0.3) is 0 Å². The molecule has 0 atom stereocenters. The zero-order chi connectivity index (χ0) is 7.71. The molecule has 0 aliphatic heterocycles. The summed E-state index contributed by atoms with van der Waals surface area (Å²) in [6.07, 6.45) is -4.47. The van der Waals surface area contributed by atoms with Crippen molar-refractivity contribution < 1.29 is 22.3 Å². The molecule has 0 bridgehead atoms. The third-order valence-corrected chi connectivity index (χ3v) is 0.692. The predicted molar refractivity (Wildman–Crippen MR) is 22.0 cm³/mol. The lowest BCUT2D eigenvalue weighted by atomic mass is 10.4. The molecule has 1 nitrogen and oxygen atoms in total. The van der Waals surface area contributed by atoms with Crippen LogP contribution in [0.4, 0.5) is 17.6 Å². The van der Waals surface area contributed by atoms with Crippen molar-refractivity contribution in [1.82, 2.24) is 0 Å². The Hall–Kier alpha value is -0.320. The van der Waals surface area contributed by atoms with Gasteiger partial charge >= 0.3 is 12.0 Å². The summed E-state index contributed by atoms with van der Waals surface area (Å²) in [6.45, 7) is 0.0537. The van der Waals surface area contributed by atoms with Crippen LogP contribution in [0.5, 0.6) is 0 Å². The van der Waals surface area contributed by atoms with Gasteiger partial charge in [-0.3, -0.25) is 0 Å². The SMILES string of the molecule is [CH2]OC(F)(F)C(C)(F)F. The van der Waals surface area contributed by atoms with E-state index in [0.717, 1.165) is 0 Å². The Morgan fingerprint density at radius 3 is 1.56 bits per heavy atom. The second kappa shape index (κ2) is 2.13. The van der Waals surface area contributed by atoms with Crippen molar-refractivity contribution in [2.45, 2.75) is 19.0 Å². The zero-order valence-corrected chi connectivity index (χ0v) is 4.63. The Kier molecular flexibility index (Phi) is 2.06. The summed E-state index contributed by atoms with van der Waals surface area (Å²) < 4.78 is 49.4. The molecule has 0 saturated carbocycles. The van der Waals surface area contributed by atoms with E-state index >= 15 is 0 Å². The lowest BCUT2D eigenvalue weighted by molar-refractivity contribution is -0.321. The number of alkyl halides is 4. The van der Waals surface area contributed by atoms with Gasteiger partial charge in [0.1, 0.15) is 0 Å². The topological polar surface area (TPSA) is 9.23 Å². The Morgan fingerprint density at radius 2 is 1.56 bits per heavy atom. The molecule has 0 spiro atoms. The van der Waals surface area contributed by atoms with Crippen LogP contribution in [0.3, 0.4) is 0 Å². The lowest BCUT2D eigenvalue weighted by Gasteiger charge is -2.19. The minimum atomic E-state index is -4.47. The number of hydrogen-bond acceptors (Lipinski definition) is 1. The summed E-state index contributed by atoms with van der Waals surface area (Å²) >= 11 is 0. The van der Waals surface area contributed by atoms with Crippen molar-refractivity contribution in [3.05, 3.63) is 7.11 Å². The van der Waals surface area contributed by atoms with Gasteiger partial charge in [-0.2, -0.15) is 17.6 Å². The third-order valence-electron chi connectivity index (χ3n) is 0.692. The Labute approximate surface area is 49.6 Å². The summed E-state index contributed by atoms with van der Waals surface area (Å²) in [5.74, 6) is -4.17. The minimum absolute atomic E-state index is 0.0537. The van der Waals surface area contributed by atoms with Crippen LogP contribution >= 0.6 is 0 Å². The van der Waals surface area contributed by atoms with Crippen LogP contribution in [-0.4, -0.2) is 12.0 Å². The van der Waals surface area contributed by atoms with Crippen molar-refractivity contribution >= 4 is 0 Å². The van der Waals surface area contributed by atoms with Gasteiger partial charge in [0.25, 0.3) is 0 Å². The van der Waals surface area contributed by atoms with E-state index < -0.39 is 12.0 Å². The fourth-order valence-electron chi connectivity index (χ4n) is 0.127. The minimum Gasteiger partial charge on any atom is -0.313 e. The highest BCUT2D eigenvalue weighted by molar-refractivity contribution is 4.69. The molecule has 55 valence electrons. The summed E-state index contributed by atoms with van der Waals surface area (Å²) in [6, 6.07) is 0. The van der Waals surface area contributed by atoms with Gasteiger partial charge in [0.2, 0.25) is 0 Å². The molecule has 0 unspecified atom stereocenters. The monoisotopic (exact) mass is 145 g/mol. The first-order chi connectivity index (χ1) is 3.81. The van der Waals surface area contributed by atoms with Gasteiger partial charge < -0.3 is 4.74 Å². The molecular weight excluding hydrogens is 140 g/mol. The van der Waals surface area contributed by atoms with Crippen LogP contribution in [0.2, 0.25) is 0 Å². The Balaban J connectivity index is 4.14. The zero-order valence-electron chi connectivity index (χ0n) is 4.63. The normalized spacial score (nSPS) is 14.0. The maximum atomic E-state index is 11.6. The van der Waals surface area contributed by atoms with E-state index in [-0.39, 0.29) is 6.92 Å². The molecule has 0 N–H and O–H groups in total. The van der Waals surface area contributed by atoms with Gasteiger partial charge in [-0.15, -0.1) is 0 Å². The average molecular weight is 145 g/mol. The molecule has 0 amide bonds. The van der Waals surface area contributed by atoms with E-state index in [2.05, 4.69) is 11.8 Å². The van der Waals surface area contributed by atoms with Crippen molar-refractivity contribution in [2.24, 2.45) is 0 Å². The van der Waals surface area contributed by atoms with Gasteiger partial charge in [0.05, 0.1) is 7.11 Å². The van der Waals surface area contributed by atoms with Crippen molar-refractivity contribution in [1.29, 1.82) is 0 Å². The second-order valence-corrected chi connectivity index (χ2v) is 1.55. The van der Waals surface area contributed by atoms with Gasteiger partial charge in [-0.05, 0) is 0 Å². The van der Waals surface area contributed by atoms with E-state index in [9.17, 15) is 17.6 Å². The van der Waals surface area contributed by atoms with E-state index in [0.29, 0.717) is 0 Å². The summed E-state index contributed by atoms with van der Waals surface area (Å²) in [4.78, 5) is 0. The van der Waals surface area contributed by atoms with Crippen LogP contribution in [0.1, 0.15) is 6.92 Å². The highest BCUT2D eigenvalue weighted by atomic mass is 19.3. The molecule has 9 heavy (non-hydrogen) atoms. The molecule has 0 aromatic heterocycles. The highest BCUT2D eigenvalue weighted by Gasteiger charge is 2.53. The number of rotatable bonds is 2. The first-order valence-corrected chi connectivity index (χ1v) is 2.00. The molecule has 0 aromatic rings. The molecule has 0 rings (SSSR count). The summed E-state index contributed by atoms with van der Waals surface area (Å²) in [5, 5.41) is 0. The maximum Gasteiger partial charge on any atom is 0.419 e. The van der Waals surface area contributed by atoms with Crippen LogP contribution in [0, 0.1) is 7.11 Å². The standard InChI is InChI=1S/C4H5F4O/c1-3(5,6)4(7,8)9-2/h2H2,1H3. The first kappa shape index (κ1) is 8.68. The van der Waals surface area contributed by atoms with Crippen molar-refractivity contribution in [2.75, 3.05) is 0 Å². The molecule has 0 aliphatic rings. The van der Waals surface area contributed by atoms with Gasteiger partial charge in [-0.25, -0.2) is 0 Å². The molecule has 0 aliphatic carbocycles. The molecule has 5 heteroatoms. The number of ether oxygens (including phenoxy) is 1. The van der Waals surface area contributed by atoms with Gasteiger partial charge in [0, 0.05) is 6.92 Å². The van der Waals surface area contributed by atoms with Gasteiger partial charge in [0.15, 0.2) is 0 Å². The van der Waals surface area contributed by atoms with Gasteiger partial charge in [-0.1, -0.05) is 0 Å². The molecular formula is C4H5F4O. The smallest absolute Gasteiger partial charge is 0.313 e. The summed E-state index contributed by atoms with van der Waals surface area (Å²) in [7, 11) is 2.19. The van der Waals surface area contributed by atoms with Crippen LogP contribution in [0.15, 0.2) is 0 Å². The predicted octanol–water partition coefficient (Wildman–Crippen LogP) is 2.04. The van der Waals surface area contributed by atoms with E-state index in [1.54, 1.807) is 0 Å². The van der Waals surface area contributed by atoms with Crippen LogP contribution < -0.4 is 0 Å². The van der Waals surface area contributed by atoms with Crippen molar-refractivity contribution in [3.63, 3.8) is 0 Å². The lowest BCUT2D eigenvalue weighted by Crippen LogP contribution is -2.38. The molecule has 0 fully saturated rings. The van der Waals surface area contributed by atoms with Crippen molar-refractivity contribution in [3.8, 4) is 0 Å². The second-order valence-electron chi connectivity index (χ2n) is 1.55. The number of hydrogen-bond donors (Lipinski definition) is 0. The van der Waals surface area contributed by atoms with Crippen LogP contribution in [-0.2, 0) is 4.74 Å². The quantitative estimate of drug-likeness (QED) is 0.540. The Morgan fingerprint density at radius 1 is 1.22 bits per heavy atom. The third kappa shape index (κ3) is 1.82. The highest BCUT2D eigenvalue weighted by Crippen LogP contribution is 2.33. The summed E-state index contributed by atoms with van der Waals surface area (Å²) in [5.41, 5.74) is 0. The largest absolute Gasteiger partial charge is 0.419 e. The average Bonchev–Trinajstić information content (AvgIpc) is 1.64. The fraction of sp³-hybridized carbons (Fsp3) is 0.750. The van der Waals surface area contributed by atoms with E-state index in [1.165, 1.54) is 0 Å². The number of halogens is 4. The maximum absolute atomic E-state index is 11.6. The Bertz CT molecular complexity index is 95.2. The van der Waals surface area contributed by atoms with E-state index in [4.69, 9.17) is 0 Å². The molecule has 1 radical (unpaired) electrons. The fourth-order valence-corrected chi connectivity index (χ4v) is 0.127. The molecule has 0 aromatic carbocycles. The molecule has 0 heterocycles.